The molecule has 2 atom stereocenters. The third-order valence-electron chi connectivity index (χ3n) is 6.94. The number of hydrogen-bond acceptors (Lipinski definition) is 8. The van der Waals surface area contributed by atoms with E-state index in [0.717, 1.165) is 46.3 Å². The topological polar surface area (TPSA) is 87.2 Å². The summed E-state index contributed by atoms with van der Waals surface area (Å²) in [7, 11) is -0.203. The highest BCUT2D eigenvalue weighted by molar-refractivity contribution is 7.86. The lowest BCUT2D eigenvalue weighted by atomic mass is 10.1. The zero-order valence-corrected chi connectivity index (χ0v) is 24.7. The Labute approximate surface area is 242 Å². The molecule has 4 aromatic rings. The van der Waals surface area contributed by atoms with Crippen LogP contribution in [0, 0.1) is 6.92 Å². The lowest BCUT2D eigenvalue weighted by Crippen LogP contribution is -2.27. The van der Waals surface area contributed by atoms with E-state index in [4.69, 9.17) is 23.4 Å². The van der Waals surface area contributed by atoms with Gasteiger partial charge in [-0.1, -0.05) is 31.2 Å². The van der Waals surface area contributed by atoms with Crippen LogP contribution in [-0.4, -0.2) is 46.7 Å². The number of hydrogen-bond donors (Lipinski definition) is 0. The minimum Gasteiger partial charge on any atom is -0.464 e. The van der Waals surface area contributed by atoms with E-state index in [1.54, 1.807) is 31.2 Å². The van der Waals surface area contributed by atoms with Crippen molar-refractivity contribution in [3.8, 4) is 22.8 Å². The van der Waals surface area contributed by atoms with Crippen molar-refractivity contribution in [2.75, 3.05) is 25.6 Å². The van der Waals surface area contributed by atoms with Crippen molar-refractivity contribution in [1.82, 2.24) is 4.98 Å². The number of anilines is 1. The van der Waals surface area contributed by atoms with Gasteiger partial charge in [0.2, 0.25) is 6.29 Å². The zero-order chi connectivity index (χ0) is 29.0. The van der Waals surface area contributed by atoms with Crippen molar-refractivity contribution in [1.29, 1.82) is 0 Å². The normalized spacial score (nSPS) is 16.3. The third kappa shape index (κ3) is 6.98. The van der Waals surface area contributed by atoms with E-state index in [0.29, 0.717) is 25.2 Å². The molecule has 8 nitrogen and oxygen atoms in total. The van der Waals surface area contributed by atoms with Crippen LogP contribution in [0.2, 0.25) is 0 Å². The van der Waals surface area contributed by atoms with Crippen LogP contribution < -0.4 is 14.4 Å². The average Bonchev–Trinajstić information content (AvgIpc) is 2.97. The summed E-state index contributed by atoms with van der Waals surface area (Å²) in [6.45, 7) is 4.27. The van der Waals surface area contributed by atoms with Crippen molar-refractivity contribution >= 4 is 26.7 Å². The van der Waals surface area contributed by atoms with E-state index in [9.17, 15) is 8.42 Å². The summed E-state index contributed by atoms with van der Waals surface area (Å²) in [5.74, 6) is 0.677. The van der Waals surface area contributed by atoms with Gasteiger partial charge >= 0.3 is 10.1 Å². The fourth-order valence-corrected chi connectivity index (χ4v) is 5.79. The van der Waals surface area contributed by atoms with Crippen molar-refractivity contribution in [3.63, 3.8) is 0 Å². The molecule has 41 heavy (non-hydrogen) atoms. The molecule has 1 saturated heterocycles. The summed E-state index contributed by atoms with van der Waals surface area (Å²) in [5.41, 5.74) is 4.54. The molecule has 3 aromatic carbocycles. The molecule has 0 saturated carbocycles. The quantitative estimate of drug-likeness (QED) is 0.152. The lowest BCUT2D eigenvalue weighted by Gasteiger charge is -2.25. The van der Waals surface area contributed by atoms with Crippen LogP contribution in [0.15, 0.2) is 77.7 Å². The van der Waals surface area contributed by atoms with Crippen LogP contribution in [0.5, 0.6) is 11.5 Å². The first-order valence-electron chi connectivity index (χ1n) is 13.9. The van der Waals surface area contributed by atoms with Gasteiger partial charge in [0.25, 0.3) is 0 Å². The van der Waals surface area contributed by atoms with Crippen molar-refractivity contribution in [2.24, 2.45) is 0 Å². The minimum atomic E-state index is -4.21. The Kier molecular flexibility index (Phi) is 8.77. The molecular weight excluding hydrogens is 540 g/mol. The van der Waals surface area contributed by atoms with E-state index in [-0.39, 0.29) is 10.6 Å². The Hall–Kier alpha value is -3.66. The van der Waals surface area contributed by atoms with Gasteiger partial charge in [0.1, 0.15) is 16.4 Å². The Morgan fingerprint density at radius 1 is 1.00 bits per heavy atom. The molecule has 0 N–H and O–H groups in total. The molecule has 2 heterocycles. The van der Waals surface area contributed by atoms with Gasteiger partial charge in [-0.25, -0.2) is 9.17 Å². The summed E-state index contributed by atoms with van der Waals surface area (Å²) in [5, 5.41) is 0.943. The molecule has 1 fully saturated rings. The first kappa shape index (κ1) is 28.9. The first-order chi connectivity index (χ1) is 19.7. The fraction of sp³-hybridized carbons (Fsp3) is 0.344. The highest BCUT2D eigenvalue weighted by Gasteiger charge is 2.28. The Morgan fingerprint density at radius 2 is 1.78 bits per heavy atom. The Balaban J connectivity index is 1.34. The van der Waals surface area contributed by atoms with E-state index >= 15 is 0 Å². The number of benzene rings is 3. The SMILES string of the molecule is CCC(Oc1ccc2ccc(-c3ccc(N(C)C)cc3)nc2c1)OS(=O)(=O)c1ccc(C)cc1OC1CCCCO1. The van der Waals surface area contributed by atoms with Crippen LogP contribution in [0.1, 0.15) is 38.2 Å². The molecule has 216 valence electrons. The molecule has 5 rings (SSSR count). The molecule has 0 radical (unpaired) electrons. The summed E-state index contributed by atoms with van der Waals surface area (Å²) in [6.07, 6.45) is 1.40. The first-order valence-corrected chi connectivity index (χ1v) is 15.3. The van der Waals surface area contributed by atoms with Gasteiger partial charge in [-0.15, -0.1) is 0 Å². The highest BCUT2D eigenvalue weighted by atomic mass is 32.2. The second-order valence-electron chi connectivity index (χ2n) is 10.4. The fourth-order valence-electron chi connectivity index (χ4n) is 4.64. The monoisotopic (exact) mass is 576 g/mol. The van der Waals surface area contributed by atoms with E-state index in [1.165, 1.54) is 6.07 Å². The Morgan fingerprint density at radius 3 is 2.49 bits per heavy atom. The van der Waals surface area contributed by atoms with Gasteiger partial charge in [-0.3, -0.25) is 0 Å². The largest absolute Gasteiger partial charge is 0.464 e. The maximum absolute atomic E-state index is 13.4. The van der Waals surface area contributed by atoms with E-state index < -0.39 is 22.7 Å². The Bertz CT molecular complexity index is 1600. The molecule has 0 bridgehead atoms. The number of nitrogens with zero attached hydrogens (tertiary/aromatic N) is 2. The predicted octanol–water partition coefficient (Wildman–Crippen LogP) is 6.70. The molecule has 1 aromatic heterocycles. The summed E-state index contributed by atoms with van der Waals surface area (Å²) < 4.78 is 50.1. The van der Waals surface area contributed by atoms with E-state index in [1.807, 2.05) is 56.3 Å². The minimum absolute atomic E-state index is 0.0515. The highest BCUT2D eigenvalue weighted by Crippen LogP contribution is 2.31. The maximum Gasteiger partial charge on any atom is 0.303 e. The average molecular weight is 577 g/mol. The van der Waals surface area contributed by atoms with Gasteiger partial charge in [-0.2, -0.15) is 8.42 Å². The smallest absolute Gasteiger partial charge is 0.303 e. The van der Waals surface area contributed by atoms with Gasteiger partial charge in [0.15, 0.2) is 6.29 Å². The molecule has 0 spiro atoms. The standard InChI is InChI=1S/C32H36N2O6S/c1-5-31(40-41(35,36)30-18-9-22(2)20-29(30)39-32-8-6-7-19-37-32)38-26-16-12-24-13-17-27(33-28(24)21-26)23-10-14-25(15-11-23)34(3)4/h9-18,20-21,31-32H,5-8,19H2,1-4H3. The molecule has 0 amide bonds. The lowest BCUT2D eigenvalue weighted by molar-refractivity contribution is -0.107. The number of aromatic nitrogens is 1. The molecule has 1 aliphatic rings. The molecule has 1 aliphatic heterocycles. The summed E-state index contributed by atoms with van der Waals surface area (Å²) in [6, 6.07) is 22.6. The van der Waals surface area contributed by atoms with Gasteiger partial charge in [0.05, 0.1) is 17.8 Å². The van der Waals surface area contributed by atoms with Gasteiger partial charge < -0.3 is 19.1 Å². The second-order valence-corrected chi connectivity index (χ2v) is 11.9. The van der Waals surface area contributed by atoms with Crippen molar-refractivity contribution in [3.05, 3.63) is 78.4 Å². The maximum atomic E-state index is 13.4. The third-order valence-corrected chi connectivity index (χ3v) is 8.29. The van der Waals surface area contributed by atoms with Crippen LogP contribution >= 0.6 is 0 Å². The summed E-state index contributed by atoms with van der Waals surface area (Å²) >= 11 is 0. The number of pyridine rings is 1. The van der Waals surface area contributed by atoms with Crippen LogP contribution in [0.25, 0.3) is 22.2 Å². The van der Waals surface area contributed by atoms with Crippen LogP contribution in [0.3, 0.4) is 0 Å². The van der Waals surface area contributed by atoms with Crippen molar-refractivity contribution < 1.29 is 26.8 Å². The molecule has 9 heteroatoms. The number of rotatable bonds is 10. The summed E-state index contributed by atoms with van der Waals surface area (Å²) in [4.78, 5) is 6.83. The van der Waals surface area contributed by atoms with Gasteiger partial charge in [-0.05, 0) is 67.8 Å². The number of ether oxygens (including phenoxy) is 3. The second kappa shape index (κ2) is 12.5. The molecular formula is C32H36N2O6S. The number of fused-ring (bicyclic) bond motifs is 1. The number of aryl methyl sites for hydroxylation is 1. The van der Waals surface area contributed by atoms with Crippen molar-refractivity contribution in [2.45, 2.75) is 57.0 Å². The van der Waals surface area contributed by atoms with E-state index in [2.05, 4.69) is 12.1 Å². The predicted molar refractivity (Wildman–Crippen MR) is 160 cm³/mol. The molecule has 0 aliphatic carbocycles. The molecule has 2 unspecified atom stereocenters. The zero-order valence-electron chi connectivity index (χ0n) is 23.9. The van der Waals surface area contributed by atoms with Crippen LogP contribution in [0.4, 0.5) is 5.69 Å². The van der Waals surface area contributed by atoms with Crippen LogP contribution in [-0.2, 0) is 19.0 Å². The van der Waals surface area contributed by atoms with Gasteiger partial charge in [0, 0.05) is 49.6 Å².